The van der Waals surface area contributed by atoms with Gasteiger partial charge in [0.25, 0.3) is 0 Å². The third-order valence-corrected chi connectivity index (χ3v) is 8.12. The highest BCUT2D eigenvalue weighted by molar-refractivity contribution is 5.95. The topological polar surface area (TPSA) is 63.0 Å². The maximum absolute atomic E-state index is 6.23. The fraction of sp³-hybridized carbons (Fsp3) is 0.581. The van der Waals surface area contributed by atoms with Gasteiger partial charge in [-0.1, -0.05) is 0 Å². The normalized spacial score (nSPS) is 17.5. The molecule has 7 nitrogen and oxygen atoms in total. The van der Waals surface area contributed by atoms with E-state index in [1.807, 2.05) is 25.1 Å². The number of fused-ring (bicyclic) bond motifs is 1. The quantitative estimate of drug-likeness (QED) is 0.302. The fourth-order valence-corrected chi connectivity index (χ4v) is 5.76. The molecular weight excluding hydrogens is 476 g/mol. The lowest BCUT2D eigenvalue weighted by Gasteiger charge is -2.34. The van der Waals surface area contributed by atoms with Crippen LogP contribution in [0.2, 0.25) is 0 Å². The first-order chi connectivity index (χ1) is 18.5. The van der Waals surface area contributed by atoms with Gasteiger partial charge in [0.1, 0.15) is 11.5 Å². The highest BCUT2D eigenvalue weighted by Crippen LogP contribution is 2.37. The van der Waals surface area contributed by atoms with Crippen molar-refractivity contribution in [2.75, 3.05) is 58.3 Å². The van der Waals surface area contributed by atoms with Gasteiger partial charge in [-0.05, 0) is 109 Å². The average Bonchev–Trinajstić information content (AvgIpc) is 3.61. The molecular formula is C31H44N4O3. The number of hydrogen-bond donors (Lipinski definition) is 1. The summed E-state index contributed by atoms with van der Waals surface area (Å²) in [6.07, 6.45) is 6.07. The molecule has 2 fully saturated rings. The number of anilines is 1. The monoisotopic (exact) mass is 520 g/mol. The van der Waals surface area contributed by atoms with Crippen LogP contribution in [0.1, 0.15) is 51.7 Å². The number of ether oxygens (including phenoxy) is 2. The molecule has 7 heteroatoms. The second-order valence-electron chi connectivity index (χ2n) is 11.2. The lowest BCUT2D eigenvalue weighted by Crippen LogP contribution is -2.39. The summed E-state index contributed by atoms with van der Waals surface area (Å²) < 4.78 is 17.9. The summed E-state index contributed by atoms with van der Waals surface area (Å²) in [5.41, 5.74) is 2.76. The summed E-state index contributed by atoms with van der Waals surface area (Å²) in [7, 11) is 1.71. The molecule has 2 aliphatic rings. The summed E-state index contributed by atoms with van der Waals surface area (Å²) in [5, 5.41) is 4.81. The van der Waals surface area contributed by atoms with Crippen LogP contribution >= 0.6 is 0 Å². The van der Waals surface area contributed by atoms with Crippen LogP contribution in [0, 0.1) is 12.8 Å². The number of methoxy groups -OCH3 is 1. The van der Waals surface area contributed by atoms with E-state index in [1.54, 1.807) is 7.11 Å². The van der Waals surface area contributed by atoms with Gasteiger partial charge in [0, 0.05) is 36.3 Å². The third-order valence-electron chi connectivity index (χ3n) is 8.12. The molecule has 0 aliphatic carbocycles. The van der Waals surface area contributed by atoms with E-state index in [1.165, 1.54) is 51.9 Å². The van der Waals surface area contributed by atoms with Gasteiger partial charge in [-0.25, -0.2) is 4.98 Å². The lowest BCUT2D eigenvalue weighted by molar-refractivity contribution is 0.154. The molecule has 0 amide bonds. The Morgan fingerprint density at radius 1 is 1.05 bits per heavy atom. The molecule has 0 atom stereocenters. The number of aryl methyl sites for hydroxylation is 1. The van der Waals surface area contributed by atoms with E-state index in [0.29, 0.717) is 18.6 Å². The zero-order valence-electron chi connectivity index (χ0n) is 23.6. The van der Waals surface area contributed by atoms with E-state index in [4.69, 9.17) is 18.9 Å². The smallest absolute Gasteiger partial charge is 0.163 e. The van der Waals surface area contributed by atoms with E-state index < -0.39 is 0 Å². The van der Waals surface area contributed by atoms with E-state index in [9.17, 15) is 0 Å². The van der Waals surface area contributed by atoms with Gasteiger partial charge < -0.3 is 29.0 Å². The van der Waals surface area contributed by atoms with Crippen molar-refractivity contribution >= 4 is 16.6 Å². The fourth-order valence-electron chi connectivity index (χ4n) is 5.76. The van der Waals surface area contributed by atoms with Gasteiger partial charge in [0.15, 0.2) is 17.3 Å². The van der Waals surface area contributed by atoms with Crippen molar-refractivity contribution < 1.29 is 13.9 Å². The van der Waals surface area contributed by atoms with Crippen molar-refractivity contribution in [3.63, 3.8) is 0 Å². The van der Waals surface area contributed by atoms with Gasteiger partial charge in [0.05, 0.1) is 19.2 Å². The number of benzene rings is 1. The molecule has 3 aromatic rings. The summed E-state index contributed by atoms with van der Waals surface area (Å²) in [6, 6.07) is 10.8. The van der Waals surface area contributed by atoms with Crippen LogP contribution in [0.25, 0.3) is 22.4 Å². The second-order valence-corrected chi connectivity index (χ2v) is 11.2. The minimum atomic E-state index is 0.622. The Morgan fingerprint density at radius 3 is 2.53 bits per heavy atom. The summed E-state index contributed by atoms with van der Waals surface area (Å²) in [6.45, 7) is 14.0. The zero-order valence-corrected chi connectivity index (χ0v) is 23.6. The third kappa shape index (κ3) is 6.44. The van der Waals surface area contributed by atoms with Crippen LogP contribution in [0.4, 0.5) is 5.69 Å². The molecule has 1 aromatic carbocycles. The number of nitrogens with one attached hydrogen (secondary N) is 1. The Labute approximate surface area is 227 Å². The first kappa shape index (κ1) is 26.8. The van der Waals surface area contributed by atoms with Crippen LogP contribution in [0.5, 0.6) is 11.5 Å². The predicted molar refractivity (Wildman–Crippen MR) is 154 cm³/mol. The van der Waals surface area contributed by atoms with Gasteiger partial charge in [-0.2, -0.15) is 0 Å². The maximum atomic E-state index is 6.23. The lowest BCUT2D eigenvalue weighted by atomic mass is 9.95. The van der Waals surface area contributed by atoms with Gasteiger partial charge in [-0.3, -0.25) is 0 Å². The summed E-state index contributed by atoms with van der Waals surface area (Å²) >= 11 is 0. The molecule has 1 N–H and O–H groups in total. The standard InChI is InChI=1S/C31H44N4O3/c1-22(2)35-15-10-24(11-16-35)21-32-26-19-28(29-9-8-23(3)38-29)33-27-20-31(30(36-4)18-25(26)27)37-17-7-14-34-12-5-6-13-34/h8-9,18-20,22,24H,5-7,10-17,21H2,1-4H3,(H,32,33). The number of likely N-dealkylation sites (tertiary alicyclic amines) is 2. The Hall–Kier alpha value is -2.77. The van der Waals surface area contributed by atoms with Crippen LogP contribution in [0.3, 0.4) is 0 Å². The largest absolute Gasteiger partial charge is 0.493 e. The molecule has 0 radical (unpaired) electrons. The number of hydrogen-bond acceptors (Lipinski definition) is 7. The number of piperidine rings is 1. The molecule has 4 heterocycles. The van der Waals surface area contributed by atoms with Crippen LogP contribution < -0.4 is 14.8 Å². The molecule has 5 rings (SSSR count). The van der Waals surface area contributed by atoms with Crippen LogP contribution in [0.15, 0.2) is 34.7 Å². The van der Waals surface area contributed by atoms with E-state index in [-0.39, 0.29) is 0 Å². The molecule has 2 saturated heterocycles. The van der Waals surface area contributed by atoms with Crippen molar-refractivity contribution in [3.05, 3.63) is 36.1 Å². The summed E-state index contributed by atoms with van der Waals surface area (Å²) in [5.74, 6) is 3.80. The Morgan fingerprint density at radius 2 is 1.84 bits per heavy atom. The molecule has 2 aliphatic heterocycles. The predicted octanol–water partition coefficient (Wildman–Crippen LogP) is 6.21. The average molecular weight is 521 g/mol. The molecule has 2 aromatic heterocycles. The first-order valence-corrected chi connectivity index (χ1v) is 14.4. The zero-order chi connectivity index (χ0) is 26.5. The molecule has 0 unspecified atom stereocenters. The molecule has 38 heavy (non-hydrogen) atoms. The van der Waals surface area contributed by atoms with Crippen molar-refractivity contribution in [2.24, 2.45) is 5.92 Å². The van der Waals surface area contributed by atoms with E-state index in [0.717, 1.165) is 64.8 Å². The van der Waals surface area contributed by atoms with E-state index >= 15 is 0 Å². The van der Waals surface area contributed by atoms with Crippen molar-refractivity contribution in [1.82, 2.24) is 14.8 Å². The number of furan rings is 1. The molecule has 0 bridgehead atoms. The minimum Gasteiger partial charge on any atom is -0.493 e. The number of aromatic nitrogens is 1. The first-order valence-electron chi connectivity index (χ1n) is 14.4. The van der Waals surface area contributed by atoms with Crippen molar-refractivity contribution in [1.29, 1.82) is 0 Å². The highest BCUT2D eigenvalue weighted by atomic mass is 16.5. The van der Waals surface area contributed by atoms with Crippen LogP contribution in [-0.4, -0.2) is 73.8 Å². The maximum Gasteiger partial charge on any atom is 0.163 e. The molecule has 0 saturated carbocycles. The van der Waals surface area contributed by atoms with Gasteiger partial charge in [0.2, 0.25) is 0 Å². The van der Waals surface area contributed by atoms with Crippen molar-refractivity contribution in [3.8, 4) is 23.0 Å². The second kappa shape index (κ2) is 12.4. The Balaban J connectivity index is 1.36. The van der Waals surface area contributed by atoms with E-state index in [2.05, 4.69) is 41.1 Å². The Kier molecular flexibility index (Phi) is 8.75. The van der Waals surface area contributed by atoms with Crippen LogP contribution in [-0.2, 0) is 0 Å². The SMILES string of the molecule is COc1cc2c(NCC3CCN(C(C)C)CC3)cc(-c3ccc(C)o3)nc2cc1OCCCN1CCCC1. The van der Waals surface area contributed by atoms with Crippen molar-refractivity contribution in [2.45, 2.75) is 58.9 Å². The summed E-state index contributed by atoms with van der Waals surface area (Å²) in [4.78, 5) is 10.1. The number of nitrogens with zero attached hydrogens (tertiary/aromatic N) is 3. The Bertz CT molecular complexity index is 1190. The molecule has 206 valence electrons. The number of rotatable bonds is 11. The minimum absolute atomic E-state index is 0.622. The van der Waals surface area contributed by atoms with Gasteiger partial charge in [-0.15, -0.1) is 0 Å². The highest BCUT2D eigenvalue weighted by Gasteiger charge is 2.22. The molecule has 0 spiro atoms. The number of pyridine rings is 1. The van der Waals surface area contributed by atoms with Gasteiger partial charge >= 0.3 is 0 Å².